The molecule has 1 atom stereocenters. The third kappa shape index (κ3) is 14.9. The van der Waals surface area contributed by atoms with Gasteiger partial charge in [0.25, 0.3) is 0 Å². The quantitative estimate of drug-likeness (QED) is 0.461. The predicted octanol–water partition coefficient (Wildman–Crippen LogP) is -0.446. The Bertz CT molecular complexity index is 245. The van der Waals surface area contributed by atoms with Crippen molar-refractivity contribution in [3.63, 3.8) is 0 Å². The zero-order valence-corrected chi connectivity index (χ0v) is 7.79. The van der Waals surface area contributed by atoms with Crippen LogP contribution in [0.25, 0.3) is 0 Å². The highest BCUT2D eigenvalue weighted by Gasteiger charge is 2.16. The van der Waals surface area contributed by atoms with Crippen molar-refractivity contribution in [3.8, 4) is 0 Å². The van der Waals surface area contributed by atoms with Gasteiger partial charge in [0.05, 0.1) is 12.8 Å². The van der Waals surface area contributed by atoms with E-state index in [2.05, 4.69) is 6.58 Å². The van der Waals surface area contributed by atoms with E-state index in [4.69, 9.17) is 20.4 Å². The van der Waals surface area contributed by atoms with Crippen LogP contribution in [0.1, 0.15) is 12.8 Å². The van der Waals surface area contributed by atoms with Crippen LogP contribution in [0.5, 0.6) is 0 Å². The number of aliphatic carboxylic acids is 3. The molecule has 0 aliphatic carbocycles. The molecule has 0 fully saturated rings. The zero-order chi connectivity index (χ0) is 12.4. The number of hydrogen-bond acceptors (Lipinski definition) is 4. The SMILES string of the molecule is C=CCC(=O)O.O=C(O)CC(O)C(=O)O. The largest absolute Gasteiger partial charge is 0.481 e. The lowest BCUT2D eigenvalue weighted by Crippen LogP contribution is -2.22. The fourth-order valence-corrected chi connectivity index (χ4v) is 0.376. The summed E-state index contributed by atoms with van der Waals surface area (Å²) in [5.74, 6) is -3.67. The molecule has 4 N–H and O–H groups in total. The van der Waals surface area contributed by atoms with E-state index < -0.39 is 30.4 Å². The highest BCUT2D eigenvalue weighted by atomic mass is 16.4. The molecule has 0 aromatic heterocycles. The molecule has 0 aliphatic rings. The first-order chi connectivity index (χ1) is 6.81. The number of carboxylic acid groups (broad SMARTS) is 3. The molecule has 86 valence electrons. The first kappa shape index (κ1) is 15.6. The van der Waals surface area contributed by atoms with Crippen LogP contribution in [0.2, 0.25) is 0 Å². The van der Waals surface area contributed by atoms with Gasteiger partial charge in [0.1, 0.15) is 0 Å². The Kier molecular flexibility index (Phi) is 9.03. The van der Waals surface area contributed by atoms with Gasteiger partial charge < -0.3 is 20.4 Å². The van der Waals surface area contributed by atoms with Crippen LogP contribution in [0.3, 0.4) is 0 Å². The van der Waals surface area contributed by atoms with Gasteiger partial charge in [0.15, 0.2) is 6.10 Å². The Balaban J connectivity index is 0. The second kappa shape index (κ2) is 8.70. The summed E-state index contributed by atoms with van der Waals surface area (Å²) >= 11 is 0. The Morgan fingerprint density at radius 3 is 1.67 bits per heavy atom. The van der Waals surface area contributed by atoms with Gasteiger partial charge in [-0.1, -0.05) is 6.08 Å². The highest BCUT2D eigenvalue weighted by molar-refractivity contribution is 5.79. The summed E-state index contributed by atoms with van der Waals surface area (Å²) in [6, 6.07) is 0. The van der Waals surface area contributed by atoms with Crippen molar-refractivity contribution in [1.82, 2.24) is 0 Å². The van der Waals surface area contributed by atoms with Crippen LogP contribution >= 0.6 is 0 Å². The number of rotatable bonds is 5. The lowest BCUT2D eigenvalue weighted by atomic mass is 10.3. The molecule has 0 heterocycles. The summed E-state index contributed by atoms with van der Waals surface area (Å²) in [5.41, 5.74) is 0. The van der Waals surface area contributed by atoms with Crippen LogP contribution in [0.4, 0.5) is 0 Å². The Hall–Kier alpha value is -1.89. The van der Waals surface area contributed by atoms with Gasteiger partial charge in [-0.2, -0.15) is 0 Å². The van der Waals surface area contributed by atoms with Crippen molar-refractivity contribution >= 4 is 17.9 Å². The minimum atomic E-state index is -1.79. The first-order valence-electron chi connectivity index (χ1n) is 3.76. The fourth-order valence-electron chi connectivity index (χ4n) is 0.376. The number of hydrogen-bond donors (Lipinski definition) is 4. The monoisotopic (exact) mass is 220 g/mol. The average Bonchev–Trinajstić information content (AvgIpc) is 2.03. The van der Waals surface area contributed by atoms with Gasteiger partial charge in [0.2, 0.25) is 0 Å². The Morgan fingerprint density at radius 2 is 1.60 bits per heavy atom. The summed E-state index contributed by atoms with van der Waals surface area (Å²) in [6.45, 7) is 3.22. The molecule has 0 rings (SSSR count). The van der Waals surface area contributed by atoms with Crippen molar-refractivity contribution in [2.45, 2.75) is 18.9 Å². The van der Waals surface area contributed by atoms with Crippen LogP contribution in [0, 0.1) is 0 Å². The molecule has 0 aromatic rings. The van der Waals surface area contributed by atoms with Gasteiger partial charge >= 0.3 is 17.9 Å². The maximum absolute atomic E-state index is 9.72. The van der Waals surface area contributed by atoms with Gasteiger partial charge in [0, 0.05) is 0 Å². The second-order valence-electron chi connectivity index (χ2n) is 2.34. The van der Waals surface area contributed by atoms with Crippen molar-refractivity contribution in [3.05, 3.63) is 12.7 Å². The molecule has 1 unspecified atom stereocenters. The van der Waals surface area contributed by atoms with E-state index in [0.29, 0.717) is 0 Å². The van der Waals surface area contributed by atoms with Crippen LogP contribution < -0.4 is 0 Å². The average molecular weight is 220 g/mol. The normalized spacial score (nSPS) is 10.5. The van der Waals surface area contributed by atoms with Gasteiger partial charge in [-0.3, -0.25) is 9.59 Å². The topological polar surface area (TPSA) is 132 Å². The third-order valence-corrected chi connectivity index (χ3v) is 0.972. The van der Waals surface area contributed by atoms with E-state index >= 15 is 0 Å². The van der Waals surface area contributed by atoms with Gasteiger partial charge in [-0.15, -0.1) is 6.58 Å². The smallest absolute Gasteiger partial charge is 0.333 e. The van der Waals surface area contributed by atoms with E-state index in [1.165, 1.54) is 6.08 Å². The summed E-state index contributed by atoms with van der Waals surface area (Å²) < 4.78 is 0. The molecular weight excluding hydrogens is 208 g/mol. The Morgan fingerprint density at radius 1 is 1.13 bits per heavy atom. The summed E-state index contributed by atoms with van der Waals surface area (Å²) in [7, 11) is 0. The van der Waals surface area contributed by atoms with Crippen LogP contribution in [-0.4, -0.2) is 44.4 Å². The molecule has 0 amide bonds. The number of aliphatic hydroxyl groups excluding tert-OH is 1. The number of carbonyl (C=O) groups is 3. The van der Waals surface area contributed by atoms with Crippen LogP contribution in [0.15, 0.2) is 12.7 Å². The molecule has 0 aromatic carbocycles. The molecule has 0 aliphatic heterocycles. The van der Waals surface area contributed by atoms with Gasteiger partial charge in [-0.05, 0) is 0 Å². The van der Waals surface area contributed by atoms with Crippen molar-refractivity contribution in [1.29, 1.82) is 0 Å². The van der Waals surface area contributed by atoms with Crippen molar-refractivity contribution in [2.24, 2.45) is 0 Å². The molecule has 15 heavy (non-hydrogen) atoms. The van der Waals surface area contributed by atoms with Gasteiger partial charge in [-0.25, -0.2) is 4.79 Å². The molecule has 0 spiro atoms. The van der Waals surface area contributed by atoms with E-state index in [0.717, 1.165) is 0 Å². The van der Waals surface area contributed by atoms with Crippen molar-refractivity contribution < 1.29 is 34.8 Å². The minimum absolute atomic E-state index is 0.0556. The standard InChI is InChI=1S/C4H6O5.C4H6O2/c5-2(4(8)9)1-3(6)7;1-2-3-4(5)6/h2,5H,1H2,(H,6,7)(H,8,9);2H,1,3H2,(H,5,6). The molecule has 7 nitrogen and oxygen atoms in total. The number of carboxylic acids is 3. The zero-order valence-electron chi connectivity index (χ0n) is 7.79. The second-order valence-corrected chi connectivity index (χ2v) is 2.34. The Labute approximate surface area is 85.3 Å². The molecule has 0 saturated carbocycles. The summed E-state index contributed by atoms with van der Waals surface area (Å²) in [6.07, 6.45) is -1.14. The summed E-state index contributed by atoms with van der Waals surface area (Å²) in [5, 5.41) is 32.0. The fraction of sp³-hybridized carbons (Fsp3) is 0.375. The van der Waals surface area contributed by atoms with E-state index in [1.54, 1.807) is 0 Å². The van der Waals surface area contributed by atoms with E-state index in [-0.39, 0.29) is 6.42 Å². The first-order valence-corrected chi connectivity index (χ1v) is 3.76. The minimum Gasteiger partial charge on any atom is -0.481 e. The maximum atomic E-state index is 9.72. The molecule has 0 saturated heterocycles. The summed E-state index contributed by atoms with van der Waals surface area (Å²) in [4.78, 5) is 28.9. The maximum Gasteiger partial charge on any atom is 0.333 e. The molecular formula is C8H12O7. The predicted molar refractivity (Wildman–Crippen MR) is 48.3 cm³/mol. The van der Waals surface area contributed by atoms with Crippen molar-refractivity contribution in [2.75, 3.05) is 0 Å². The lowest BCUT2D eigenvalue weighted by Gasteiger charge is -1.97. The molecule has 0 bridgehead atoms. The number of aliphatic hydroxyl groups is 1. The molecule has 7 heteroatoms. The van der Waals surface area contributed by atoms with E-state index in [1.807, 2.05) is 0 Å². The molecule has 0 radical (unpaired) electrons. The van der Waals surface area contributed by atoms with Crippen LogP contribution in [-0.2, 0) is 14.4 Å². The highest BCUT2D eigenvalue weighted by Crippen LogP contribution is 1.89. The lowest BCUT2D eigenvalue weighted by molar-refractivity contribution is -0.152. The third-order valence-electron chi connectivity index (χ3n) is 0.972. The van der Waals surface area contributed by atoms with E-state index in [9.17, 15) is 14.4 Å².